The Kier molecular flexibility index (Phi) is 8.01. The minimum absolute atomic E-state index is 0.114. The highest BCUT2D eigenvalue weighted by Gasteiger charge is 2.22. The van der Waals surface area contributed by atoms with Crippen molar-refractivity contribution < 1.29 is 9.53 Å². The van der Waals surface area contributed by atoms with Crippen LogP contribution in [0.5, 0.6) is 0 Å². The first-order valence-corrected chi connectivity index (χ1v) is 7.27. The van der Waals surface area contributed by atoms with Gasteiger partial charge >= 0.3 is 0 Å². The van der Waals surface area contributed by atoms with Crippen molar-refractivity contribution in [3.05, 3.63) is 0 Å². The molecule has 1 saturated carbocycles. The number of amides is 1. The fourth-order valence-electron chi connectivity index (χ4n) is 2.72. The van der Waals surface area contributed by atoms with Gasteiger partial charge in [-0.1, -0.05) is 26.2 Å². The Balaban J connectivity index is 2.10. The van der Waals surface area contributed by atoms with Crippen LogP contribution in [0.15, 0.2) is 0 Å². The molecule has 0 spiro atoms. The normalized spacial score (nSPS) is 23.9. The molecule has 0 aromatic heterocycles. The van der Waals surface area contributed by atoms with Gasteiger partial charge in [-0.25, -0.2) is 0 Å². The van der Waals surface area contributed by atoms with Crippen molar-refractivity contribution >= 4 is 5.91 Å². The minimum Gasteiger partial charge on any atom is -0.383 e. The van der Waals surface area contributed by atoms with Crippen LogP contribution >= 0.6 is 0 Å². The predicted molar refractivity (Wildman–Crippen MR) is 73.5 cm³/mol. The van der Waals surface area contributed by atoms with Crippen LogP contribution in [-0.4, -0.2) is 38.8 Å². The molecule has 0 aromatic carbocycles. The van der Waals surface area contributed by atoms with Crippen molar-refractivity contribution in [2.24, 2.45) is 5.92 Å². The molecule has 4 heteroatoms. The lowest BCUT2D eigenvalue weighted by atomic mass is 9.83. The summed E-state index contributed by atoms with van der Waals surface area (Å²) in [6.45, 7) is 4.25. The molecule has 0 bridgehead atoms. The number of ether oxygens (including phenoxy) is 1. The maximum Gasteiger partial charge on any atom is 0.221 e. The molecule has 2 unspecified atom stereocenters. The van der Waals surface area contributed by atoms with Gasteiger partial charge in [-0.3, -0.25) is 4.79 Å². The summed E-state index contributed by atoms with van der Waals surface area (Å²) in [5.74, 6) is 0.915. The summed E-state index contributed by atoms with van der Waals surface area (Å²) in [7, 11) is 1.64. The Morgan fingerprint density at radius 3 is 2.78 bits per heavy atom. The fourth-order valence-corrected chi connectivity index (χ4v) is 2.72. The molecule has 0 heterocycles. The van der Waals surface area contributed by atoms with Gasteiger partial charge in [-0.15, -0.1) is 0 Å². The summed E-state index contributed by atoms with van der Waals surface area (Å²) in [5.41, 5.74) is 0. The summed E-state index contributed by atoms with van der Waals surface area (Å²) >= 11 is 0. The summed E-state index contributed by atoms with van der Waals surface area (Å²) in [6.07, 6.45) is 7.12. The number of carbonyl (C=O) groups is 1. The van der Waals surface area contributed by atoms with E-state index in [9.17, 15) is 4.79 Å². The Morgan fingerprint density at radius 1 is 1.28 bits per heavy atom. The van der Waals surface area contributed by atoms with Crippen molar-refractivity contribution in [1.29, 1.82) is 0 Å². The van der Waals surface area contributed by atoms with Crippen LogP contribution in [0.25, 0.3) is 0 Å². The van der Waals surface area contributed by atoms with Gasteiger partial charge in [-0.2, -0.15) is 0 Å². The molecule has 4 nitrogen and oxygen atoms in total. The van der Waals surface area contributed by atoms with Crippen LogP contribution in [0.1, 0.15) is 45.4 Å². The Morgan fingerprint density at radius 2 is 2.06 bits per heavy atom. The smallest absolute Gasteiger partial charge is 0.221 e. The van der Waals surface area contributed by atoms with Gasteiger partial charge in [0, 0.05) is 32.7 Å². The zero-order valence-corrected chi connectivity index (χ0v) is 11.8. The number of carbonyl (C=O) groups excluding carboxylic acids is 1. The van der Waals surface area contributed by atoms with E-state index >= 15 is 0 Å². The van der Waals surface area contributed by atoms with Crippen LogP contribution < -0.4 is 10.6 Å². The molecule has 18 heavy (non-hydrogen) atoms. The van der Waals surface area contributed by atoms with E-state index in [0.29, 0.717) is 25.6 Å². The summed E-state index contributed by atoms with van der Waals surface area (Å²) in [4.78, 5) is 11.5. The summed E-state index contributed by atoms with van der Waals surface area (Å²) in [6, 6.07) is 0.621. The lowest BCUT2D eigenvalue weighted by molar-refractivity contribution is -0.121. The minimum atomic E-state index is 0.114. The third-order valence-electron chi connectivity index (χ3n) is 3.82. The third kappa shape index (κ3) is 5.83. The van der Waals surface area contributed by atoms with Crippen LogP contribution in [0, 0.1) is 5.92 Å². The van der Waals surface area contributed by atoms with E-state index in [4.69, 9.17) is 4.74 Å². The van der Waals surface area contributed by atoms with E-state index < -0.39 is 0 Å². The largest absolute Gasteiger partial charge is 0.383 e. The van der Waals surface area contributed by atoms with Gasteiger partial charge in [0.2, 0.25) is 5.91 Å². The molecule has 1 aliphatic carbocycles. The molecule has 0 radical (unpaired) electrons. The van der Waals surface area contributed by atoms with E-state index in [1.165, 1.54) is 32.1 Å². The van der Waals surface area contributed by atoms with Crippen molar-refractivity contribution in [3.8, 4) is 0 Å². The van der Waals surface area contributed by atoms with Crippen LogP contribution in [0.3, 0.4) is 0 Å². The molecule has 2 atom stereocenters. The number of rotatable bonds is 8. The highest BCUT2D eigenvalue weighted by Crippen LogP contribution is 2.26. The monoisotopic (exact) mass is 256 g/mol. The Bertz CT molecular complexity index is 234. The molecule has 1 rings (SSSR count). The van der Waals surface area contributed by atoms with E-state index in [2.05, 4.69) is 17.6 Å². The fraction of sp³-hybridized carbons (Fsp3) is 0.929. The predicted octanol–water partition coefficient (Wildman–Crippen LogP) is 1.70. The zero-order chi connectivity index (χ0) is 13.2. The van der Waals surface area contributed by atoms with Crippen LogP contribution in [0.4, 0.5) is 0 Å². The molecular formula is C14H28N2O2. The molecule has 0 saturated heterocycles. The molecule has 1 aliphatic rings. The number of methoxy groups -OCH3 is 1. The number of nitrogens with one attached hydrogen (secondary N) is 2. The maximum atomic E-state index is 11.5. The Labute approximate surface area is 111 Å². The van der Waals surface area contributed by atoms with Crippen molar-refractivity contribution in [2.75, 3.05) is 26.8 Å². The molecule has 2 N–H and O–H groups in total. The highest BCUT2D eigenvalue weighted by atomic mass is 16.5. The average molecular weight is 256 g/mol. The maximum absolute atomic E-state index is 11.5. The van der Waals surface area contributed by atoms with Gasteiger partial charge in [0.25, 0.3) is 0 Å². The average Bonchev–Trinajstić information content (AvgIpc) is 2.39. The van der Waals surface area contributed by atoms with E-state index in [1.807, 2.05) is 0 Å². The van der Waals surface area contributed by atoms with E-state index in [-0.39, 0.29) is 5.91 Å². The standard InChI is InChI=1S/C14H28N2O2/c1-3-12-6-4-5-7-13(12)15-9-8-14(17)16-10-11-18-2/h12-13,15H,3-11H2,1-2H3,(H,16,17). The molecular weight excluding hydrogens is 228 g/mol. The van der Waals surface area contributed by atoms with E-state index in [1.54, 1.807) is 7.11 Å². The molecule has 0 aliphatic heterocycles. The molecule has 0 aromatic rings. The van der Waals surface area contributed by atoms with Gasteiger partial charge in [0.05, 0.1) is 6.61 Å². The first kappa shape index (κ1) is 15.4. The first-order valence-electron chi connectivity index (χ1n) is 7.27. The first-order chi connectivity index (χ1) is 8.77. The second kappa shape index (κ2) is 9.34. The van der Waals surface area contributed by atoms with Crippen molar-refractivity contribution in [1.82, 2.24) is 10.6 Å². The zero-order valence-electron chi connectivity index (χ0n) is 11.8. The quantitative estimate of drug-likeness (QED) is 0.650. The second-order valence-corrected chi connectivity index (χ2v) is 5.11. The molecule has 1 amide bonds. The molecule has 1 fully saturated rings. The van der Waals surface area contributed by atoms with Gasteiger partial charge in [-0.05, 0) is 18.8 Å². The van der Waals surface area contributed by atoms with Gasteiger partial charge in [0.1, 0.15) is 0 Å². The lowest BCUT2D eigenvalue weighted by Crippen LogP contribution is -2.40. The van der Waals surface area contributed by atoms with Crippen LogP contribution in [0.2, 0.25) is 0 Å². The second-order valence-electron chi connectivity index (χ2n) is 5.11. The van der Waals surface area contributed by atoms with E-state index in [0.717, 1.165) is 12.5 Å². The SMILES string of the molecule is CCC1CCCCC1NCCC(=O)NCCOC. The summed E-state index contributed by atoms with van der Waals surface area (Å²) in [5, 5.41) is 6.39. The van der Waals surface area contributed by atoms with Gasteiger partial charge < -0.3 is 15.4 Å². The van der Waals surface area contributed by atoms with Crippen molar-refractivity contribution in [2.45, 2.75) is 51.5 Å². The highest BCUT2D eigenvalue weighted by molar-refractivity contribution is 5.76. The summed E-state index contributed by atoms with van der Waals surface area (Å²) < 4.78 is 4.89. The lowest BCUT2D eigenvalue weighted by Gasteiger charge is -2.31. The van der Waals surface area contributed by atoms with Gasteiger partial charge in [0.15, 0.2) is 0 Å². The topological polar surface area (TPSA) is 50.4 Å². The van der Waals surface area contributed by atoms with Crippen molar-refractivity contribution in [3.63, 3.8) is 0 Å². The third-order valence-corrected chi connectivity index (χ3v) is 3.82. The Hall–Kier alpha value is -0.610. The number of hydrogen-bond donors (Lipinski definition) is 2. The van der Waals surface area contributed by atoms with Crippen LogP contribution in [-0.2, 0) is 9.53 Å². The molecule has 106 valence electrons. The number of hydrogen-bond acceptors (Lipinski definition) is 3.